The minimum atomic E-state index is 0.543. The van der Waals surface area contributed by atoms with E-state index in [1.807, 2.05) is 22.9 Å². The topological polar surface area (TPSA) is 53.1 Å². The summed E-state index contributed by atoms with van der Waals surface area (Å²) in [7, 11) is 1.68. The van der Waals surface area contributed by atoms with Gasteiger partial charge in [0.2, 0.25) is 0 Å². The summed E-state index contributed by atoms with van der Waals surface area (Å²) in [5.74, 6) is 0.880. The highest BCUT2D eigenvalue weighted by Gasteiger charge is 2.04. The van der Waals surface area contributed by atoms with Crippen molar-refractivity contribution in [2.75, 3.05) is 7.11 Å². The summed E-state index contributed by atoms with van der Waals surface area (Å²) in [6.45, 7) is 1.29. The molecule has 0 aliphatic heterocycles. The Balaban J connectivity index is 2.30. The van der Waals surface area contributed by atoms with E-state index in [2.05, 4.69) is 11.1 Å². The quantitative estimate of drug-likeness (QED) is 0.842. The van der Waals surface area contributed by atoms with Gasteiger partial charge in [0.1, 0.15) is 5.75 Å². The fourth-order valence-electron chi connectivity index (χ4n) is 1.66. The van der Waals surface area contributed by atoms with Gasteiger partial charge in [-0.2, -0.15) is 0 Å². The fourth-order valence-corrected chi connectivity index (χ4v) is 1.66. The van der Waals surface area contributed by atoms with Crippen molar-refractivity contribution in [1.29, 1.82) is 0 Å². The zero-order valence-corrected chi connectivity index (χ0v) is 9.26. The van der Waals surface area contributed by atoms with Crippen molar-refractivity contribution < 1.29 is 4.74 Å². The van der Waals surface area contributed by atoms with Crippen LogP contribution in [0.2, 0.25) is 0 Å². The second kappa shape index (κ2) is 4.81. The van der Waals surface area contributed by atoms with Gasteiger partial charge < -0.3 is 15.0 Å². The Labute approximate surface area is 94.7 Å². The third-order valence-electron chi connectivity index (χ3n) is 2.49. The van der Waals surface area contributed by atoms with E-state index in [9.17, 15) is 0 Å². The van der Waals surface area contributed by atoms with Crippen molar-refractivity contribution in [3.8, 4) is 5.75 Å². The Bertz CT molecular complexity index is 451. The lowest BCUT2D eigenvalue weighted by Gasteiger charge is -2.10. The first kappa shape index (κ1) is 10.7. The summed E-state index contributed by atoms with van der Waals surface area (Å²) >= 11 is 0. The van der Waals surface area contributed by atoms with Crippen LogP contribution in [0.25, 0.3) is 0 Å². The van der Waals surface area contributed by atoms with Crippen LogP contribution in [0.1, 0.15) is 11.1 Å². The molecule has 2 rings (SSSR count). The molecular weight excluding hydrogens is 202 g/mol. The molecule has 0 spiro atoms. The van der Waals surface area contributed by atoms with Gasteiger partial charge in [-0.1, -0.05) is 6.07 Å². The molecule has 2 aromatic rings. The summed E-state index contributed by atoms with van der Waals surface area (Å²) in [5.41, 5.74) is 7.85. The largest absolute Gasteiger partial charge is 0.496 e. The molecule has 16 heavy (non-hydrogen) atoms. The van der Waals surface area contributed by atoms with Crippen LogP contribution >= 0.6 is 0 Å². The minimum absolute atomic E-state index is 0.543. The van der Waals surface area contributed by atoms with Crippen LogP contribution in [0.5, 0.6) is 5.75 Å². The van der Waals surface area contributed by atoms with Crippen LogP contribution in [0.4, 0.5) is 0 Å². The summed E-state index contributed by atoms with van der Waals surface area (Å²) in [6, 6.07) is 6.00. The zero-order chi connectivity index (χ0) is 11.4. The van der Waals surface area contributed by atoms with Crippen molar-refractivity contribution in [2.24, 2.45) is 5.73 Å². The number of aromatic nitrogens is 2. The van der Waals surface area contributed by atoms with E-state index < -0.39 is 0 Å². The lowest BCUT2D eigenvalue weighted by Crippen LogP contribution is -2.03. The monoisotopic (exact) mass is 217 g/mol. The molecule has 0 radical (unpaired) electrons. The van der Waals surface area contributed by atoms with Gasteiger partial charge >= 0.3 is 0 Å². The number of nitrogens with zero attached hydrogens (tertiary/aromatic N) is 2. The van der Waals surface area contributed by atoms with Gasteiger partial charge in [0.05, 0.1) is 20.0 Å². The first-order valence-corrected chi connectivity index (χ1v) is 5.15. The third kappa shape index (κ3) is 2.23. The first-order chi connectivity index (χ1) is 7.83. The SMILES string of the molecule is COc1ccc(CN)cc1Cn1ccnc1. The van der Waals surface area contributed by atoms with E-state index in [1.54, 1.807) is 19.6 Å². The van der Waals surface area contributed by atoms with Crippen LogP contribution in [-0.4, -0.2) is 16.7 Å². The minimum Gasteiger partial charge on any atom is -0.496 e. The van der Waals surface area contributed by atoms with Gasteiger partial charge in [0, 0.05) is 24.5 Å². The predicted molar refractivity (Wildman–Crippen MR) is 62.2 cm³/mol. The van der Waals surface area contributed by atoms with Crippen LogP contribution in [-0.2, 0) is 13.1 Å². The summed E-state index contributed by atoms with van der Waals surface area (Å²) < 4.78 is 7.32. The van der Waals surface area contributed by atoms with Gasteiger partial charge in [0.15, 0.2) is 0 Å². The molecule has 0 unspecified atom stereocenters. The Morgan fingerprint density at radius 1 is 1.44 bits per heavy atom. The summed E-state index contributed by atoms with van der Waals surface area (Å²) in [5, 5.41) is 0. The second-order valence-corrected chi connectivity index (χ2v) is 3.59. The molecule has 0 aliphatic rings. The Morgan fingerprint density at radius 2 is 2.31 bits per heavy atom. The van der Waals surface area contributed by atoms with Crippen molar-refractivity contribution in [3.63, 3.8) is 0 Å². The number of hydrogen-bond donors (Lipinski definition) is 1. The highest BCUT2D eigenvalue weighted by molar-refractivity contribution is 5.37. The number of ether oxygens (including phenoxy) is 1. The average molecular weight is 217 g/mol. The van der Waals surface area contributed by atoms with Crippen LogP contribution in [0, 0.1) is 0 Å². The normalized spacial score (nSPS) is 10.4. The number of methoxy groups -OCH3 is 1. The molecule has 0 aliphatic carbocycles. The fraction of sp³-hybridized carbons (Fsp3) is 0.250. The number of benzene rings is 1. The second-order valence-electron chi connectivity index (χ2n) is 3.59. The van der Waals surface area contributed by atoms with Gasteiger partial charge in [-0.05, 0) is 17.7 Å². The molecule has 84 valence electrons. The molecule has 2 N–H and O–H groups in total. The lowest BCUT2D eigenvalue weighted by atomic mass is 10.1. The van der Waals surface area contributed by atoms with Gasteiger partial charge in [-0.3, -0.25) is 0 Å². The van der Waals surface area contributed by atoms with E-state index in [4.69, 9.17) is 10.5 Å². The van der Waals surface area contributed by atoms with E-state index >= 15 is 0 Å². The molecule has 0 fully saturated rings. The van der Waals surface area contributed by atoms with Crippen molar-refractivity contribution >= 4 is 0 Å². The molecule has 4 nitrogen and oxygen atoms in total. The Kier molecular flexibility index (Phi) is 3.22. The van der Waals surface area contributed by atoms with Crippen LogP contribution in [0.15, 0.2) is 36.9 Å². The number of hydrogen-bond acceptors (Lipinski definition) is 3. The average Bonchev–Trinajstić information content (AvgIpc) is 2.82. The van der Waals surface area contributed by atoms with E-state index in [0.717, 1.165) is 23.4 Å². The van der Waals surface area contributed by atoms with Crippen LogP contribution in [0.3, 0.4) is 0 Å². The smallest absolute Gasteiger partial charge is 0.123 e. The maximum Gasteiger partial charge on any atom is 0.123 e. The number of rotatable bonds is 4. The third-order valence-corrected chi connectivity index (χ3v) is 2.49. The molecule has 0 saturated heterocycles. The molecule has 4 heteroatoms. The number of imidazole rings is 1. The van der Waals surface area contributed by atoms with Gasteiger partial charge in [-0.25, -0.2) is 4.98 Å². The highest BCUT2D eigenvalue weighted by atomic mass is 16.5. The Morgan fingerprint density at radius 3 is 2.94 bits per heavy atom. The van der Waals surface area contributed by atoms with E-state index in [1.165, 1.54) is 0 Å². The molecule has 1 aromatic heterocycles. The maximum absolute atomic E-state index is 5.62. The van der Waals surface area contributed by atoms with Crippen molar-refractivity contribution in [1.82, 2.24) is 9.55 Å². The standard InChI is InChI=1S/C12H15N3O/c1-16-12-3-2-10(7-13)6-11(12)8-15-5-4-14-9-15/h2-6,9H,7-8,13H2,1H3. The predicted octanol–water partition coefficient (Wildman–Crippen LogP) is 1.40. The van der Waals surface area contributed by atoms with Gasteiger partial charge in [-0.15, -0.1) is 0 Å². The Hall–Kier alpha value is -1.81. The van der Waals surface area contributed by atoms with Gasteiger partial charge in [0.25, 0.3) is 0 Å². The van der Waals surface area contributed by atoms with Crippen molar-refractivity contribution in [3.05, 3.63) is 48.0 Å². The maximum atomic E-state index is 5.62. The van der Waals surface area contributed by atoms with Crippen LogP contribution < -0.4 is 10.5 Å². The molecule has 0 saturated carbocycles. The molecule has 1 heterocycles. The molecule has 0 bridgehead atoms. The lowest BCUT2D eigenvalue weighted by molar-refractivity contribution is 0.408. The molecule has 1 aromatic carbocycles. The van der Waals surface area contributed by atoms with E-state index in [0.29, 0.717) is 6.54 Å². The number of nitrogens with two attached hydrogens (primary N) is 1. The summed E-state index contributed by atoms with van der Waals surface area (Å²) in [4.78, 5) is 4.01. The van der Waals surface area contributed by atoms with Crippen molar-refractivity contribution in [2.45, 2.75) is 13.1 Å². The summed E-state index contributed by atoms with van der Waals surface area (Å²) in [6.07, 6.45) is 5.47. The first-order valence-electron chi connectivity index (χ1n) is 5.15. The molecule has 0 atom stereocenters. The molecular formula is C12H15N3O. The highest BCUT2D eigenvalue weighted by Crippen LogP contribution is 2.20. The molecule has 0 amide bonds. The van der Waals surface area contributed by atoms with E-state index in [-0.39, 0.29) is 0 Å². The zero-order valence-electron chi connectivity index (χ0n) is 9.26.